The number of carbonyl (C=O) groups excluding carboxylic acids is 2. The van der Waals surface area contributed by atoms with E-state index in [-0.39, 0.29) is 12.0 Å². The highest BCUT2D eigenvalue weighted by molar-refractivity contribution is 5.94. The van der Waals surface area contributed by atoms with Crippen molar-refractivity contribution in [2.24, 2.45) is 5.92 Å². The Morgan fingerprint density at radius 3 is 2.43 bits per heavy atom. The van der Waals surface area contributed by atoms with Gasteiger partial charge >= 0.3 is 6.09 Å². The summed E-state index contributed by atoms with van der Waals surface area (Å²) in [6.45, 7) is 4.51. The molecule has 2 amide bonds. The highest BCUT2D eigenvalue weighted by atomic mass is 16.5. The van der Waals surface area contributed by atoms with Crippen LogP contribution in [0.4, 0.5) is 4.79 Å². The maximum atomic E-state index is 12.1. The van der Waals surface area contributed by atoms with E-state index in [1.54, 1.807) is 29.2 Å². The topological polar surface area (TPSA) is 67.9 Å². The first kappa shape index (κ1) is 17.1. The minimum atomic E-state index is -0.276. The van der Waals surface area contributed by atoms with Crippen LogP contribution in [0.15, 0.2) is 24.3 Å². The number of rotatable bonds is 5. The van der Waals surface area contributed by atoms with E-state index in [0.29, 0.717) is 37.7 Å². The summed E-state index contributed by atoms with van der Waals surface area (Å²) in [5, 5.41) is 2.96. The molecular weight excluding hydrogens is 296 g/mol. The molecule has 1 saturated heterocycles. The lowest BCUT2D eigenvalue weighted by Gasteiger charge is -2.30. The van der Waals surface area contributed by atoms with Crippen LogP contribution in [0, 0.1) is 5.92 Å². The smallest absolute Gasteiger partial charge is 0.409 e. The Labute approximate surface area is 136 Å². The normalized spacial score (nSPS) is 15.1. The lowest BCUT2D eigenvalue weighted by molar-refractivity contribution is 0.0914. The van der Waals surface area contributed by atoms with Gasteiger partial charge in [-0.05, 0) is 49.9 Å². The summed E-state index contributed by atoms with van der Waals surface area (Å²) in [6, 6.07) is 7.13. The first-order valence-corrected chi connectivity index (χ1v) is 7.98. The van der Waals surface area contributed by atoms with Gasteiger partial charge in [0.15, 0.2) is 0 Å². The minimum absolute atomic E-state index is 0.0801. The fourth-order valence-corrected chi connectivity index (χ4v) is 2.66. The summed E-state index contributed by atoms with van der Waals surface area (Å²) >= 11 is 0. The fraction of sp³-hybridized carbons (Fsp3) is 0.529. The van der Waals surface area contributed by atoms with Crippen molar-refractivity contribution in [1.29, 1.82) is 0 Å². The standard InChI is InChI=1S/C17H24N2O4/c1-3-23-15-6-4-14(5-7-15)16(20)18-12-13-8-10-19(11-9-13)17(21)22-2/h4-7,13H,3,8-12H2,1-2H3,(H,18,20). The molecule has 6 heteroatoms. The molecule has 1 aromatic carbocycles. The van der Waals surface area contributed by atoms with Crippen LogP contribution in [0.1, 0.15) is 30.1 Å². The summed E-state index contributed by atoms with van der Waals surface area (Å²) in [5.74, 6) is 1.07. The third kappa shape index (κ3) is 4.87. The second-order valence-electron chi connectivity index (χ2n) is 5.57. The number of carbonyl (C=O) groups is 2. The van der Waals surface area contributed by atoms with Gasteiger partial charge < -0.3 is 19.7 Å². The number of amides is 2. The molecule has 0 unspecified atom stereocenters. The van der Waals surface area contributed by atoms with E-state index in [9.17, 15) is 9.59 Å². The first-order chi connectivity index (χ1) is 11.1. The van der Waals surface area contributed by atoms with Crippen molar-refractivity contribution in [1.82, 2.24) is 10.2 Å². The zero-order chi connectivity index (χ0) is 16.7. The molecule has 0 bridgehead atoms. The maximum Gasteiger partial charge on any atom is 0.409 e. The van der Waals surface area contributed by atoms with E-state index in [1.165, 1.54) is 7.11 Å². The number of ether oxygens (including phenoxy) is 2. The second-order valence-corrected chi connectivity index (χ2v) is 5.57. The Bertz CT molecular complexity index is 522. The first-order valence-electron chi connectivity index (χ1n) is 7.98. The SMILES string of the molecule is CCOc1ccc(C(=O)NCC2CCN(C(=O)OC)CC2)cc1. The van der Waals surface area contributed by atoms with Gasteiger partial charge in [0.1, 0.15) is 5.75 Å². The molecule has 0 radical (unpaired) electrons. The number of hydrogen-bond donors (Lipinski definition) is 1. The Balaban J connectivity index is 1.75. The summed E-state index contributed by atoms with van der Waals surface area (Å²) in [5.41, 5.74) is 0.625. The van der Waals surface area contributed by atoms with E-state index in [1.807, 2.05) is 6.92 Å². The van der Waals surface area contributed by atoms with Crippen molar-refractivity contribution in [2.75, 3.05) is 33.4 Å². The Hall–Kier alpha value is -2.24. The Morgan fingerprint density at radius 2 is 1.87 bits per heavy atom. The van der Waals surface area contributed by atoms with Gasteiger partial charge in [-0.25, -0.2) is 4.79 Å². The van der Waals surface area contributed by atoms with Gasteiger partial charge in [-0.1, -0.05) is 0 Å². The number of hydrogen-bond acceptors (Lipinski definition) is 4. The van der Waals surface area contributed by atoms with Crippen LogP contribution in [-0.2, 0) is 4.74 Å². The molecule has 2 rings (SSSR count). The number of nitrogens with zero attached hydrogens (tertiary/aromatic N) is 1. The van der Waals surface area contributed by atoms with E-state index in [4.69, 9.17) is 9.47 Å². The summed E-state index contributed by atoms with van der Waals surface area (Å²) in [6.07, 6.45) is 1.47. The van der Waals surface area contributed by atoms with Crippen molar-refractivity contribution >= 4 is 12.0 Å². The summed E-state index contributed by atoms with van der Waals surface area (Å²) in [7, 11) is 1.39. The lowest BCUT2D eigenvalue weighted by Crippen LogP contribution is -2.41. The predicted molar refractivity (Wildman–Crippen MR) is 86.6 cm³/mol. The second kappa shape index (κ2) is 8.41. The minimum Gasteiger partial charge on any atom is -0.494 e. The van der Waals surface area contributed by atoms with Crippen molar-refractivity contribution in [3.63, 3.8) is 0 Å². The molecular formula is C17H24N2O4. The third-order valence-corrected chi connectivity index (χ3v) is 4.03. The molecule has 0 saturated carbocycles. The van der Waals surface area contributed by atoms with Gasteiger partial charge in [-0.3, -0.25) is 4.79 Å². The van der Waals surface area contributed by atoms with Gasteiger partial charge in [-0.15, -0.1) is 0 Å². The summed E-state index contributed by atoms with van der Waals surface area (Å²) in [4.78, 5) is 25.3. The molecule has 1 aliphatic rings. The predicted octanol–water partition coefficient (Wildman–Crippen LogP) is 2.29. The number of benzene rings is 1. The number of likely N-dealkylation sites (tertiary alicyclic amines) is 1. The van der Waals surface area contributed by atoms with Crippen molar-refractivity contribution in [3.8, 4) is 5.75 Å². The zero-order valence-corrected chi connectivity index (χ0v) is 13.7. The molecule has 126 valence electrons. The van der Waals surface area contributed by atoms with Crippen LogP contribution >= 0.6 is 0 Å². The molecule has 1 fully saturated rings. The lowest BCUT2D eigenvalue weighted by atomic mass is 9.97. The van der Waals surface area contributed by atoms with Crippen molar-refractivity contribution in [3.05, 3.63) is 29.8 Å². The van der Waals surface area contributed by atoms with Gasteiger partial charge in [0.05, 0.1) is 13.7 Å². The molecule has 1 aromatic rings. The third-order valence-electron chi connectivity index (χ3n) is 4.03. The molecule has 6 nitrogen and oxygen atoms in total. The molecule has 0 aromatic heterocycles. The van der Waals surface area contributed by atoms with Crippen LogP contribution < -0.4 is 10.1 Å². The monoisotopic (exact) mass is 320 g/mol. The number of nitrogens with one attached hydrogen (secondary N) is 1. The van der Waals surface area contributed by atoms with Crippen molar-refractivity contribution < 1.29 is 19.1 Å². The fourth-order valence-electron chi connectivity index (χ4n) is 2.66. The average Bonchev–Trinajstić information content (AvgIpc) is 2.60. The quantitative estimate of drug-likeness (QED) is 0.904. The van der Waals surface area contributed by atoms with Gasteiger partial charge in [0, 0.05) is 25.2 Å². The van der Waals surface area contributed by atoms with Gasteiger partial charge in [0.2, 0.25) is 0 Å². The highest BCUT2D eigenvalue weighted by Crippen LogP contribution is 2.17. The average molecular weight is 320 g/mol. The molecule has 1 aliphatic heterocycles. The number of methoxy groups -OCH3 is 1. The molecule has 1 heterocycles. The molecule has 1 N–H and O–H groups in total. The molecule has 0 spiro atoms. The van der Waals surface area contributed by atoms with E-state index < -0.39 is 0 Å². The number of piperidine rings is 1. The molecule has 0 aliphatic carbocycles. The Kier molecular flexibility index (Phi) is 6.26. The van der Waals surface area contributed by atoms with Crippen LogP contribution in [0.2, 0.25) is 0 Å². The maximum absolute atomic E-state index is 12.1. The highest BCUT2D eigenvalue weighted by Gasteiger charge is 2.23. The van der Waals surface area contributed by atoms with Crippen LogP contribution in [-0.4, -0.2) is 50.3 Å². The van der Waals surface area contributed by atoms with E-state index in [2.05, 4.69) is 5.32 Å². The van der Waals surface area contributed by atoms with Gasteiger partial charge in [0.25, 0.3) is 5.91 Å². The molecule has 23 heavy (non-hydrogen) atoms. The van der Waals surface area contributed by atoms with Crippen LogP contribution in [0.25, 0.3) is 0 Å². The van der Waals surface area contributed by atoms with Crippen molar-refractivity contribution in [2.45, 2.75) is 19.8 Å². The largest absolute Gasteiger partial charge is 0.494 e. The summed E-state index contributed by atoms with van der Waals surface area (Å²) < 4.78 is 10.1. The molecule has 0 atom stereocenters. The van der Waals surface area contributed by atoms with E-state index >= 15 is 0 Å². The van der Waals surface area contributed by atoms with Gasteiger partial charge in [-0.2, -0.15) is 0 Å². The van der Waals surface area contributed by atoms with Crippen LogP contribution in [0.3, 0.4) is 0 Å². The van der Waals surface area contributed by atoms with E-state index in [0.717, 1.165) is 18.6 Å². The van der Waals surface area contributed by atoms with Crippen LogP contribution in [0.5, 0.6) is 5.75 Å². The zero-order valence-electron chi connectivity index (χ0n) is 13.7. The Morgan fingerprint density at radius 1 is 1.22 bits per heavy atom.